The zero-order valence-corrected chi connectivity index (χ0v) is 24.0. The standard InChI is InChI=1S/C28H32N10O3S/c1-16-21(33-28-34-26(32-19-2-3-19)27-31-12-20(11-30)38(27)35-28)8-17(10-29)9-23(16)36-6-5-22-18(13-36)4-7-37(22)24-14-42(40,41)15-25(24)39/h8-9,12,18-19,22,24-25,39H,2-7,13-15H2,1H3,(H2,32,33,34,35)/t18-,22+,24-,25-/m0/s1. The molecule has 4 aliphatic rings. The number of nitriles is 2. The Balaban J connectivity index is 1.15. The van der Waals surface area contributed by atoms with Gasteiger partial charge in [-0.25, -0.2) is 13.4 Å². The zero-order chi connectivity index (χ0) is 29.2. The molecule has 5 heterocycles. The molecule has 7 rings (SSSR count). The molecular weight excluding hydrogens is 556 g/mol. The van der Waals surface area contributed by atoms with Gasteiger partial charge in [0.2, 0.25) is 5.95 Å². The highest BCUT2D eigenvalue weighted by Crippen LogP contribution is 2.39. The predicted octanol–water partition coefficient (Wildman–Crippen LogP) is 1.55. The summed E-state index contributed by atoms with van der Waals surface area (Å²) in [5, 5.41) is 41.2. The highest BCUT2D eigenvalue weighted by molar-refractivity contribution is 7.91. The van der Waals surface area contributed by atoms with E-state index in [0.29, 0.717) is 46.3 Å². The number of sulfone groups is 1. The fourth-order valence-electron chi connectivity index (χ4n) is 6.85. The fourth-order valence-corrected chi connectivity index (χ4v) is 8.66. The number of rotatable bonds is 6. The maximum atomic E-state index is 12.2. The maximum absolute atomic E-state index is 12.2. The summed E-state index contributed by atoms with van der Waals surface area (Å²) < 4.78 is 25.8. The van der Waals surface area contributed by atoms with Gasteiger partial charge in [0.05, 0.1) is 41.5 Å². The van der Waals surface area contributed by atoms with E-state index in [-0.39, 0.29) is 23.6 Å². The van der Waals surface area contributed by atoms with E-state index in [1.165, 1.54) is 10.7 Å². The summed E-state index contributed by atoms with van der Waals surface area (Å²) in [5.74, 6) is 1.06. The van der Waals surface area contributed by atoms with Gasteiger partial charge in [0.15, 0.2) is 27.0 Å². The first-order chi connectivity index (χ1) is 20.2. The van der Waals surface area contributed by atoms with Crippen molar-refractivity contribution in [3.05, 3.63) is 35.2 Å². The zero-order valence-electron chi connectivity index (χ0n) is 23.2. The summed E-state index contributed by atoms with van der Waals surface area (Å²) in [7, 11) is -3.21. The number of likely N-dealkylation sites (tertiary alicyclic amines) is 1. The minimum absolute atomic E-state index is 0.0279. The van der Waals surface area contributed by atoms with E-state index in [2.05, 4.69) is 47.6 Å². The summed E-state index contributed by atoms with van der Waals surface area (Å²) in [4.78, 5) is 13.6. The highest BCUT2D eigenvalue weighted by Gasteiger charge is 2.47. The van der Waals surface area contributed by atoms with E-state index < -0.39 is 15.9 Å². The topological polar surface area (TPSA) is 176 Å². The van der Waals surface area contributed by atoms with E-state index >= 15 is 0 Å². The molecule has 0 unspecified atom stereocenters. The van der Waals surface area contributed by atoms with E-state index in [1.54, 1.807) is 6.07 Å². The van der Waals surface area contributed by atoms with Crippen molar-refractivity contribution in [2.75, 3.05) is 46.7 Å². The number of imidazole rings is 1. The molecule has 1 saturated carbocycles. The van der Waals surface area contributed by atoms with Crippen LogP contribution in [0.4, 0.5) is 23.1 Å². The average molecular weight is 589 g/mol. The Bertz CT molecular complexity index is 1760. The molecule has 42 heavy (non-hydrogen) atoms. The molecule has 0 bridgehead atoms. The number of nitrogens with zero attached hydrogens (tertiary/aromatic N) is 8. The second-order valence-corrected chi connectivity index (χ2v) is 14.1. The lowest BCUT2D eigenvalue weighted by Crippen LogP contribution is -2.52. The van der Waals surface area contributed by atoms with Gasteiger partial charge in [-0.2, -0.15) is 20.0 Å². The van der Waals surface area contributed by atoms with Crippen molar-refractivity contribution in [1.29, 1.82) is 10.5 Å². The first-order valence-electron chi connectivity index (χ1n) is 14.4. The molecule has 3 aromatic rings. The number of anilines is 4. The van der Waals surface area contributed by atoms with Crippen LogP contribution in [0, 0.1) is 35.5 Å². The van der Waals surface area contributed by atoms with Crippen molar-refractivity contribution in [3.8, 4) is 12.1 Å². The predicted molar refractivity (Wildman–Crippen MR) is 155 cm³/mol. The molecular formula is C28H32N10O3S. The molecule has 3 N–H and O–H groups in total. The van der Waals surface area contributed by atoms with Crippen LogP contribution in [0.25, 0.3) is 5.65 Å². The number of fused-ring (bicyclic) bond motifs is 2. The van der Waals surface area contributed by atoms with Gasteiger partial charge in [-0.05, 0) is 62.8 Å². The average Bonchev–Trinajstić information content (AvgIpc) is 3.41. The maximum Gasteiger partial charge on any atom is 0.247 e. The number of piperidine rings is 1. The summed E-state index contributed by atoms with van der Waals surface area (Å²) >= 11 is 0. The normalized spacial score (nSPS) is 27.0. The van der Waals surface area contributed by atoms with Crippen molar-refractivity contribution >= 4 is 38.6 Å². The van der Waals surface area contributed by atoms with E-state index in [9.17, 15) is 24.0 Å². The van der Waals surface area contributed by atoms with E-state index in [1.807, 2.05) is 13.0 Å². The van der Waals surface area contributed by atoms with Crippen molar-refractivity contribution in [2.24, 2.45) is 5.92 Å². The van der Waals surface area contributed by atoms with Crippen LogP contribution >= 0.6 is 0 Å². The van der Waals surface area contributed by atoms with Gasteiger partial charge in [-0.15, -0.1) is 5.10 Å². The molecule has 4 atom stereocenters. The van der Waals surface area contributed by atoms with Gasteiger partial charge >= 0.3 is 0 Å². The number of aliphatic hydroxyl groups is 1. The molecule has 0 spiro atoms. The smallest absolute Gasteiger partial charge is 0.247 e. The third-order valence-corrected chi connectivity index (χ3v) is 10.8. The Morgan fingerprint density at radius 1 is 1.07 bits per heavy atom. The molecule has 3 saturated heterocycles. The number of nitrogens with one attached hydrogen (secondary N) is 2. The second-order valence-electron chi connectivity index (χ2n) is 11.9. The van der Waals surface area contributed by atoms with Crippen molar-refractivity contribution in [3.63, 3.8) is 0 Å². The largest absolute Gasteiger partial charge is 0.390 e. The molecule has 1 aromatic carbocycles. The third-order valence-electron chi connectivity index (χ3n) is 9.09. The molecule has 218 valence electrons. The lowest BCUT2D eigenvalue weighted by atomic mass is 9.91. The minimum Gasteiger partial charge on any atom is -0.390 e. The van der Waals surface area contributed by atoms with Crippen molar-refractivity contribution < 1.29 is 13.5 Å². The summed E-state index contributed by atoms with van der Waals surface area (Å²) in [5.41, 5.74) is 3.90. The molecule has 2 aromatic heterocycles. The second kappa shape index (κ2) is 10.1. The number of hydrogen-bond donors (Lipinski definition) is 3. The van der Waals surface area contributed by atoms with Crippen LogP contribution in [0.5, 0.6) is 0 Å². The minimum atomic E-state index is -3.21. The summed E-state index contributed by atoms with van der Waals surface area (Å²) in [6.45, 7) is 4.32. The van der Waals surface area contributed by atoms with Crippen molar-refractivity contribution in [1.82, 2.24) is 24.5 Å². The Hall–Kier alpha value is -3.98. The monoisotopic (exact) mass is 588 g/mol. The lowest BCUT2D eigenvalue weighted by molar-refractivity contribution is 0.0631. The molecule has 3 aliphatic heterocycles. The number of aliphatic hydroxyl groups excluding tert-OH is 1. The number of aromatic nitrogens is 4. The molecule has 14 heteroatoms. The van der Waals surface area contributed by atoms with Crippen LogP contribution in [-0.2, 0) is 9.84 Å². The van der Waals surface area contributed by atoms with Gasteiger partial charge in [0.1, 0.15) is 6.07 Å². The molecule has 0 amide bonds. The van der Waals surface area contributed by atoms with Crippen LogP contribution in [0.1, 0.15) is 42.5 Å². The SMILES string of the molecule is Cc1c(Nc2nc(NC3CC3)c3ncc(C#N)n3n2)cc(C#N)cc1N1CC[C@@H]2[C@@H](CCN2[C@H]2CS(=O)(=O)C[C@@H]2O)C1. The first kappa shape index (κ1) is 26.9. The lowest BCUT2D eigenvalue weighted by Gasteiger charge is -2.41. The van der Waals surface area contributed by atoms with Gasteiger partial charge in [-0.1, -0.05) is 0 Å². The Kier molecular flexibility index (Phi) is 6.46. The Labute approximate surface area is 243 Å². The van der Waals surface area contributed by atoms with Gasteiger partial charge < -0.3 is 20.6 Å². The van der Waals surface area contributed by atoms with Gasteiger partial charge in [-0.3, -0.25) is 4.90 Å². The number of hydrogen-bond acceptors (Lipinski definition) is 12. The van der Waals surface area contributed by atoms with Crippen molar-refractivity contribution in [2.45, 2.75) is 56.8 Å². The molecule has 13 nitrogen and oxygen atoms in total. The first-order valence-corrected chi connectivity index (χ1v) is 16.2. The van der Waals surface area contributed by atoms with E-state index in [0.717, 1.165) is 56.6 Å². The molecule has 4 fully saturated rings. The molecule has 1 aliphatic carbocycles. The Morgan fingerprint density at radius 3 is 2.62 bits per heavy atom. The van der Waals surface area contributed by atoms with Crippen LogP contribution in [0.2, 0.25) is 0 Å². The van der Waals surface area contributed by atoms with Gasteiger partial charge in [0, 0.05) is 36.5 Å². The molecule has 0 radical (unpaired) electrons. The van der Waals surface area contributed by atoms with Gasteiger partial charge in [0.25, 0.3) is 0 Å². The summed E-state index contributed by atoms with van der Waals surface area (Å²) in [6.07, 6.45) is 4.53. The Morgan fingerprint density at radius 2 is 1.90 bits per heavy atom. The third kappa shape index (κ3) is 4.79. The quantitative estimate of drug-likeness (QED) is 0.379. The van der Waals surface area contributed by atoms with Crippen LogP contribution < -0.4 is 15.5 Å². The van der Waals surface area contributed by atoms with Crippen LogP contribution in [-0.4, -0.2) is 93.4 Å². The van der Waals surface area contributed by atoms with Crippen LogP contribution in [0.3, 0.4) is 0 Å². The van der Waals surface area contributed by atoms with E-state index in [4.69, 9.17) is 0 Å². The highest BCUT2D eigenvalue weighted by atomic mass is 32.2. The van der Waals surface area contributed by atoms with Crippen LogP contribution in [0.15, 0.2) is 18.3 Å². The number of benzene rings is 1. The fraction of sp³-hybridized carbons (Fsp3) is 0.536. The summed E-state index contributed by atoms with van der Waals surface area (Å²) in [6, 6.07) is 8.32.